The van der Waals surface area contributed by atoms with Crippen molar-refractivity contribution in [1.29, 1.82) is 0 Å². The van der Waals surface area contributed by atoms with Crippen LogP contribution in [0.15, 0.2) is 60.8 Å². The molecule has 2 aromatic carbocycles. The van der Waals surface area contributed by atoms with Crippen LogP contribution in [0.4, 0.5) is 26.9 Å². The summed E-state index contributed by atoms with van der Waals surface area (Å²) < 4.78 is 18.9. The van der Waals surface area contributed by atoms with E-state index in [0.717, 1.165) is 16.9 Å². The first-order valence-electron chi connectivity index (χ1n) is 13.8. The molecule has 14 heteroatoms. The summed E-state index contributed by atoms with van der Waals surface area (Å²) in [4.78, 5) is 29.2. The predicted octanol–water partition coefficient (Wildman–Crippen LogP) is 8.54. The number of rotatable bonds is 8. The van der Waals surface area contributed by atoms with Crippen molar-refractivity contribution < 1.29 is 20.4 Å². The fourth-order valence-electron chi connectivity index (χ4n) is 3.74. The van der Waals surface area contributed by atoms with Gasteiger partial charge in [-0.05, 0) is 59.0 Å². The molecule has 4 aromatic rings. The fourth-order valence-corrected chi connectivity index (χ4v) is 4.16. The Morgan fingerprint density at radius 2 is 1.69 bits per heavy atom. The van der Waals surface area contributed by atoms with Crippen molar-refractivity contribution in [1.82, 2.24) is 20.1 Å². The number of amides is 4. The zero-order valence-electron chi connectivity index (χ0n) is 25.8. The lowest BCUT2D eigenvalue weighted by Crippen LogP contribution is -2.25. The van der Waals surface area contributed by atoms with Gasteiger partial charge in [-0.3, -0.25) is 10.6 Å². The monoisotopic (exact) mass is 770 g/mol. The third kappa shape index (κ3) is 10.1. The fraction of sp³-hybridized carbons (Fsp3) is 0.290. The van der Waals surface area contributed by atoms with E-state index in [1.807, 2.05) is 73.7 Å². The van der Waals surface area contributed by atoms with Crippen LogP contribution >= 0.6 is 45.8 Å². The summed E-state index contributed by atoms with van der Waals surface area (Å²) in [5.74, 6) is 1.86. The molecule has 242 valence electrons. The molecule has 4 N–H and O–H groups in total. The molecule has 0 spiro atoms. The first-order chi connectivity index (χ1) is 21.4. The van der Waals surface area contributed by atoms with Crippen molar-refractivity contribution >= 4 is 75.2 Å². The number of methoxy groups -OCH3 is 1. The highest BCUT2D eigenvalue weighted by Crippen LogP contribution is 2.38. The van der Waals surface area contributed by atoms with Crippen LogP contribution in [0.2, 0.25) is 10.0 Å². The average molecular weight is 772 g/mol. The predicted molar refractivity (Wildman–Crippen MR) is 191 cm³/mol. The molecule has 11 nitrogen and oxygen atoms in total. The van der Waals surface area contributed by atoms with Gasteiger partial charge in [0.2, 0.25) is 0 Å². The molecule has 0 bridgehead atoms. The molecule has 45 heavy (non-hydrogen) atoms. The summed E-state index contributed by atoms with van der Waals surface area (Å²) in [6.45, 7) is 6.26. The number of nitrogens with one attached hydrogen (secondary N) is 4. The Balaban J connectivity index is 0.00000177. The minimum absolute atomic E-state index is 0. The largest absolute Gasteiger partial charge is 0.497 e. The molecule has 4 rings (SSSR count). The Labute approximate surface area is 288 Å². The van der Waals surface area contributed by atoms with Gasteiger partial charge in [0.15, 0.2) is 0 Å². The number of anilines is 3. The van der Waals surface area contributed by atoms with Gasteiger partial charge in [-0.25, -0.2) is 19.3 Å². The first kappa shape index (κ1) is 35.7. The SMILES string of the molecule is C.CNC(=O)Nc1cc(COc2ccc(NC(=O)Nc3cc(C(C)(C)C)nn3-c3ccc(OC)cc3)c(Cl)c2Cl)ccn1.[2H]CI. The molecule has 0 fully saturated rings. The van der Waals surface area contributed by atoms with Gasteiger partial charge in [-0.15, -0.1) is 0 Å². The molecule has 2 heterocycles. The van der Waals surface area contributed by atoms with Gasteiger partial charge in [-0.2, -0.15) is 5.10 Å². The minimum atomic E-state index is -0.537. The van der Waals surface area contributed by atoms with E-state index >= 15 is 0 Å². The van der Waals surface area contributed by atoms with E-state index in [2.05, 4.69) is 26.3 Å². The molecule has 0 aliphatic rings. The number of pyridine rings is 1. The number of alkyl halides is 1. The van der Waals surface area contributed by atoms with Gasteiger partial charge in [0.05, 0.1) is 29.2 Å². The van der Waals surface area contributed by atoms with E-state index in [9.17, 15) is 9.59 Å². The van der Waals surface area contributed by atoms with Gasteiger partial charge in [0.25, 0.3) is 0 Å². The number of carbonyl (C=O) groups is 2. The summed E-state index contributed by atoms with van der Waals surface area (Å²) in [6.07, 6.45) is 1.55. The summed E-state index contributed by atoms with van der Waals surface area (Å²) >= 11 is 14.9. The van der Waals surface area contributed by atoms with Crippen molar-refractivity contribution in [2.75, 3.05) is 35.0 Å². The van der Waals surface area contributed by atoms with Gasteiger partial charge < -0.3 is 20.1 Å². The van der Waals surface area contributed by atoms with Gasteiger partial charge in [-0.1, -0.05) is 74.0 Å². The van der Waals surface area contributed by atoms with Gasteiger partial charge in [0.1, 0.15) is 34.8 Å². The van der Waals surface area contributed by atoms with Crippen molar-refractivity contribution in [3.8, 4) is 17.2 Å². The van der Waals surface area contributed by atoms with E-state index < -0.39 is 6.03 Å². The Kier molecular flexibility index (Phi) is 13.6. The zero-order valence-corrected chi connectivity index (χ0v) is 28.5. The Hall–Kier alpha value is -3.75. The minimum Gasteiger partial charge on any atom is -0.497 e. The number of aromatic nitrogens is 3. The van der Waals surface area contributed by atoms with Crippen LogP contribution in [0.3, 0.4) is 0 Å². The maximum Gasteiger partial charge on any atom is 0.324 e. The first-order valence-corrected chi connectivity index (χ1v) is 15.4. The normalized spacial score (nSPS) is 10.7. The number of hydrogen-bond acceptors (Lipinski definition) is 6. The van der Waals surface area contributed by atoms with Crippen molar-refractivity contribution in [2.24, 2.45) is 0 Å². The summed E-state index contributed by atoms with van der Waals surface area (Å²) in [6, 6.07) is 14.8. The van der Waals surface area contributed by atoms with Crippen molar-refractivity contribution in [3.63, 3.8) is 0 Å². The highest BCUT2D eigenvalue weighted by atomic mass is 127. The Bertz CT molecular complexity index is 1620. The molecule has 0 atom stereocenters. The van der Waals surface area contributed by atoms with Crippen LogP contribution in [0.5, 0.6) is 11.5 Å². The second-order valence-corrected chi connectivity index (χ2v) is 10.9. The topological polar surface area (TPSA) is 131 Å². The number of ether oxygens (including phenoxy) is 2. The molecule has 0 aliphatic heterocycles. The Morgan fingerprint density at radius 1 is 1.00 bits per heavy atom. The zero-order chi connectivity index (χ0) is 33.1. The number of nitrogens with zero attached hydrogens (tertiary/aromatic N) is 3. The van der Waals surface area contributed by atoms with Crippen LogP contribution in [-0.4, -0.2) is 45.9 Å². The average Bonchev–Trinajstić information content (AvgIpc) is 3.44. The van der Waals surface area contributed by atoms with E-state index in [-0.39, 0.29) is 35.5 Å². The van der Waals surface area contributed by atoms with E-state index in [1.165, 1.54) is 7.05 Å². The van der Waals surface area contributed by atoms with E-state index in [0.29, 0.717) is 33.7 Å². The molecule has 0 aliphatic carbocycles. The Morgan fingerprint density at radius 3 is 2.31 bits per heavy atom. The van der Waals surface area contributed by atoms with Crippen LogP contribution in [0.25, 0.3) is 5.69 Å². The van der Waals surface area contributed by atoms with Crippen LogP contribution in [0, 0.1) is 0 Å². The molecule has 4 amide bonds. The maximum absolute atomic E-state index is 13.1. The molecular weight excluding hydrogens is 732 g/mol. The number of hydrogen-bond donors (Lipinski definition) is 4. The van der Waals surface area contributed by atoms with E-state index in [1.54, 1.807) is 42.3 Å². The van der Waals surface area contributed by atoms with Crippen LogP contribution in [0.1, 0.15) is 40.8 Å². The van der Waals surface area contributed by atoms with Crippen molar-refractivity contribution in [3.05, 3.63) is 82.1 Å². The summed E-state index contributed by atoms with van der Waals surface area (Å²) in [5, 5.41) is 15.6. The third-order valence-electron chi connectivity index (χ3n) is 6.02. The molecule has 0 saturated carbocycles. The molecule has 0 saturated heterocycles. The molecule has 2 aromatic heterocycles. The summed E-state index contributed by atoms with van der Waals surface area (Å²) in [5.41, 5.74) is 2.32. The lowest BCUT2D eigenvalue weighted by molar-refractivity contribution is 0.253. The summed E-state index contributed by atoms with van der Waals surface area (Å²) in [7, 11) is 3.11. The van der Waals surface area contributed by atoms with Gasteiger partial charge >= 0.3 is 12.1 Å². The maximum atomic E-state index is 13.1. The number of benzene rings is 2. The lowest BCUT2D eigenvalue weighted by Gasteiger charge is -2.14. The number of halogens is 3. The molecular formula is C31H38Cl2IN7O4. The number of urea groups is 2. The standard InChI is InChI=1S/C29H31Cl2N7O4.CH3I.CH4/c1-29(2,3)22-15-24(38(37-22)18-6-8-19(41-5)9-7-18)36-28(40)34-20-10-11-21(26(31)25(20)30)42-16-17-12-13-33-23(14-17)35-27(39)32-4;1-2;/h6-15H,16H2,1-5H3,(H2,34,36,40)(H2,32,33,35,39);1H3;1H4/i;1D;. The van der Waals surface area contributed by atoms with Crippen molar-refractivity contribution in [2.45, 2.75) is 40.2 Å². The second kappa shape index (κ2) is 17.1. The van der Waals surface area contributed by atoms with E-state index in [4.69, 9.17) is 39.1 Å². The lowest BCUT2D eigenvalue weighted by atomic mass is 9.92. The smallest absolute Gasteiger partial charge is 0.324 e. The highest BCUT2D eigenvalue weighted by Gasteiger charge is 2.22. The molecule has 0 radical (unpaired) electrons. The third-order valence-corrected chi connectivity index (χ3v) is 6.88. The highest BCUT2D eigenvalue weighted by molar-refractivity contribution is 14.1. The van der Waals surface area contributed by atoms with Gasteiger partial charge in [0, 0.05) is 26.1 Å². The second-order valence-electron chi connectivity index (χ2n) is 10.1. The molecule has 0 unspecified atom stereocenters. The van der Waals surface area contributed by atoms with Crippen LogP contribution in [-0.2, 0) is 12.0 Å². The van der Waals surface area contributed by atoms with Crippen LogP contribution < -0.4 is 30.7 Å². The quantitative estimate of drug-likeness (QED) is 0.105. The number of carbonyl (C=O) groups excluding carboxylic acids is 2.